The van der Waals surface area contributed by atoms with E-state index in [9.17, 15) is 4.79 Å². The Morgan fingerprint density at radius 1 is 1.13 bits per heavy atom. The zero-order chi connectivity index (χ0) is 20.9. The van der Waals surface area contributed by atoms with Crippen LogP contribution in [-0.2, 0) is 11.2 Å². The standard InChI is InChI=1S/C23H25N3O4/c1-28-19-11-10-17(14-20(19)29-2)22-24-23(30-25-22)18-9-6-12-26(15-18)21(27)13-16-7-4-3-5-8-16/h3-5,7-8,10-11,14,18H,6,9,12-13,15H2,1-2H3/t18-/m1/s1. The zero-order valence-electron chi connectivity index (χ0n) is 17.2. The fraction of sp³-hybridized carbons (Fsp3) is 0.348. The molecule has 1 atom stereocenters. The molecule has 7 nitrogen and oxygen atoms in total. The second-order valence-electron chi connectivity index (χ2n) is 7.37. The lowest BCUT2D eigenvalue weighted by Gasteiger charge is -2.31. The summed E-state index contributed by atoms with van der Waals surface area (Å²) in [4.78, 5) is 19.2. The third-order valence-electron chi connectivity index (χ3n) is 5.40. The SMILES string of the molecule is COc1ccc(-c2noc([C@@H]3CCCN(C(=O)Cc4ccccc4)C3)n2)cc1OC. The Kier molecular flexibility index (Phi) is 5.97. The van der Waals surface area contributed by atoms with E-state index in [2.05, 4.69) is 10.1 Å². The second kappa shape index (κ2) is 8.98. The van der Waals surface area contributed by atoms with Gasteiger partial charge in [-0.3, -0.25) is 4.79 Å². The van der Waals surface area contributed by atoms with Gasteiger partial charge in [0.15, 0.2) is 11.5 Å². The molecule has 1 aromatic heterocycles. The Hall–Kier alpha value is -3.35. The molecule has 1 fully saturated rings. The number of hydrogen-bond acceptors (Lipinski definition) is 6. The Morgan fingerprint density at radius 3 is 2.70 bits per heavy atom. The predicted molar refractivity (Wildman–Crippen MR) is 112 cm³/mol. The first-order valence-corrected chi connectivity index (χ1v) is 10.1. The van der Waals surface area contributed by atoms with Gasteiger partial charge in [-0.05, 0) is 36.6 Å². The van der Waals surface area contributed by atoms with Crippen molar-refractivity contribution in [3.05, 3.63) is 60.0 Å². The highest BCUT2D eigenvalue weighted by molar-refractivity contribution is 5.79. The van der Waals surface area contributed by atoms with Gasteiger partial charge < -0.3 is 18.9 Å². The summed E-state index contributed by atoms with van der Waals surface area (Å²) >= 11 is 0. The highest BCUT2D eigenvalue weighted by Gasteiger charge is 2.28. The number of rotatable bonds is 6. The van der Waals surface area contributed by atoms with Crippen LogP contribution in [0.25, 0.3) is 11.4 Å². The van der Waals surface area contributed by atoms with Crippen LogP contribution >= 0.6 is 0 Å². The maximum absolute atomic E-state index is 12.7. The summed E-state index contributed by atoms with van der Waals surface area (Å²) in [6.07, 6.45) is 2.25. The highest BCUT2D eigenvalue weighted by Crippen LogP contribution is 2.32. The summed E-state index contributed by atoms with van der Waals surface area (Å²) < 4.78 is 16.2. The van der Waals surface area contributed by atoms with E-state index in [1.54, 1.807) is 14.2 Å². The van der Waals surface area contributed by atoms with Gasteiger partial charge >= 0.3 is 0 Å². The Bertz CT molecular complexity index is 1000. The number of methoxy groups -OCH3 is 2. The molecule has 0 N–H and O–H groups in total. The van der Waals surface area contributed by atoms with Gasteiger partial charge in [0.05, 0.1) is 26.6 Å². The third kappa shape index (κ3) is 4.30. The van der Waals surface area contributed by atoms with Crippen LogP contribution in [0.5, 0.6) is 11.5 Å². The number of aromatic nitrogens is 2. The quantitative estimate of drug-likeness (QED) is 0.620. The van der Waals surface area contributed by atoms with E-state index in [0.717, 1.165) is 30.5 Å². The molecular formula is C23H25N3O4. The molecule has 1 aliphatic heterocycles. The number of hydrogen-bond donors (Lipinski definition) is 0. The van der Waals surface area contributed by atoms with Gasteiger partial charge in [0, 0.05) is 18.7 Å². The van der Waals surface area contributed by atoms with Crippen LogP contribution in [0.3, 0.4) is 0 Å². The van der Waals surface area contributed by atoms with Gasteiger partial charge in [0.25, 0.3) is 0 Å². The molecule has 0 radical (unpaired) electrons. The molecule has 0 saturated carbocycles. The maximum Gasteiger partial charge on any atom is 0.231 e. The van der Waals surface area contributed by atoms with Crippen molar-refractivity contribution in [1.29, 1.82) is 0 Å². The fourth-order valence-corrected chi connectivity index (χ4v) is 3.78. The van der Waals surface area contributed by atoms with Crippen LogP contribution in [-0.4, -0.2) is 48.3 Å². The van der Waals surface area contributed by atoms with Gasteiger partial charge in [0.1, 0.15) is 0 Å². The second-order valence-corrected chi connectivity index (χ2v) is 7.37. The smallest absolute Gasteiger partial charge is 0.231 e. The number of amides is 1. The van der Waals surface area contributed by atoms with E-state index in [0.29, 0.717) is 36.2 Å². The molecule has 1 amide bonds. The van der Waals surface area contributed by atoms with Crippen LogP contribution in [0.15, 0.2) is 53.1 Å². The number of carbonyl (C=O) groups excluding carboxylic acids is 1. The minimum Gasteiger partial charge on any atom is -0.493 e. The first kappa shape index (κ1) is 19.9. The molecule has 156 valence electrons. The Morgan fingerprint density at radius 2 is 1.93 bits per heavy atom. The molecule has 2 aromatic carbocycles. The van der Waals surface area contributed by atoms with Crippen molar-refractivity contribution < 1.29 is 18.8 Å². The molecule has 1 saturated heterocycles. The van der Waals surface area contributed by atoms with Gasteiger partial charge in [-0.25, -0.2) is 0 Å². The van der Waals surface area contributed by atoms with Crippen molar-refractivity contribution in [3.63, 3.8) is 0 Å². The number of ether oxygens (including phenoxy) is 2. The summed E-state index contributed by atoms with van der Waals surface area (Å²) in [6, 6.07) is 15.3. The molecule has 0 spiro atoms. The Balaban J connectivity index is 1.46. The number of carbonyl (C=O) groups is 1. The first-order chi connectivity index (χ1) is 14.7. The number of piperidine rings is 1. The number of benzene rings is 2. The van der Waals surface area contributed by atoms with Gasteiger partial charge in [-0.1, -0.05) is 35.5 Å². The van der Waals surface area contributed by atoms with Crippen molar-refractivity contribution in [3.8, 4) is 22.9 Å². The average molecular weight is 407 g/mol. The molecule has 2 heterocycles. The molecule has 0 aliphatic carbocycles. The summed E-state index contributed by atoms with van der Waals surface area (Å²) in [5, 5.41) is 4.14. The first-order valence-electron chi connectivity index (χ1n) is 10.1. The van der Waals surface area contributed by atoms with Crippen molar-refractivity contribution in [2.75, 3.05) is 27.3 Å². The molecule has 0 unspecified atom stereocenters. The van der Waals surface area contributed by atoms with Crippen LogP contribution in [0.4, 0.5) is 0 Å². The maximum atomic E-state index is 12.7. The zero-order valence-corrected chi connectivity index (χ0v) is 17.2. The van der Waals surface area contributed by atoms with Crippen molar-refractivity contribution in [1.82, 2.24) is 15.0 Å². The lowest BCUT2D eigenvalue weighted by Crippen LogP contribution is -2.40. The number of likely N-dealkylation sites (tertiary alicyclic amines) is 1. The van der Waals surface area contributed by atoms with E-state index < -0.39 is 0 Å². The van der Waals surface area contributed by atoms with Crippen LogP contribution in [0.1, 0.15) is 30.2 Å². The van der Waals surface area contributed by atoms with E-state index in [4.69, 9.17) is 14.0 Å². The monoisotopic (exact) mass is 407 g/mol. The molecule has 4 rings (SSSR count). The summed E-state index contributed by atoms with van der Waals surface area (Å²) in [5.41, 5.74) is 1.81. The molecular weight excluding hydrogens is 382 g/mol. The fourth-order valence-electron chi connectivity index (χ4n) is 3.78. The molecule has 7 heteroatoms. The van der Waals surface area contributed by atoms with E-state index >= 15 is 0 Å². The summed E-state index contributed by atoms with van der Waals surface area (Å²) in [6.45, 7) is 1.36. The van der Waals surface area contributed by atoms with Gasteiger partial charge in [0.2, 0.25) is 17.6 Å². The Labute approximate surface area is 175 Å². The minimum atomic E-state index is 0.0415. The molecule has 3 aromatic rings. The third-order valence-corrected chi connectivity index (χ3v) is 5.40. The molecule has 0 bridgehead atoms. The van der Waals surface area contributed by atoms with Crippen LogP contribution < -0.4 is 9.47 Å². The van der Waals surface area contributed by atoms with Crippen molar-refractivity contribution in [2.45, 2.75) is 25.2 Å². The summed E-state index contributed by atoms with van der Waals surface area (Å²) in [7, 11) is 3.18. The van der Waals surface area contributed by atoms with E-state index in [-0.39, 0.29) is 11.8 Å². The lowest BCUT2D eigenvalue weighted by molar-refractivity contribution is -0.131. The van der Waals surface area contributed by atoms with Gasteiger partial charge in [-0.2, -0.15) is 4.98 Å². The van der Waals surface area contributed by atoms with Gasteiger partial charge in [-0.15, -0.1) is 0 Å². The van der Waals surface area contributed by atoms with E-state index in [1.165, 1.54) is 0 Å². The largest absolute Gasteiger partial charge is 0.493 e. The normalized spacial score (nSPS) is 16.3. The minimum absolute atomic E-state index is 0.0415. The topological polar surface area (TPSA) is 77.7 Å². The van der Waals surface area contributed by atoms with Crippen LogP contribution in [0, 0.1) is 0 Å². The van der Waals surface area contributed by atoms with Crippen molar-refractivity contribution >= 4 is 5.91 Å². The average Bonchev–Trinajstić information content (AvgIpc) is 3.30. The molecule has 1 aliphatic rings. The van der Waals surface area contributed by atoms with E-state index in [1.807, 2.05) is 53.4 Å². The van der Waals surface area contributed by atoms with Crippen LogP contribution in [0.2, 0.25) is 0 Å². The summed E-state index contributed by atoms with van der Waals surface area (Å²) in [5.74, 6) is 2.49. The lowest BCUT2D eigenvalue weighted by atomic mass is 9.97. The predicted octanol–water partition coefficient (Wildman–Crippen LogP) is 3.70. The molecule has 30 heavy (non-hydrogen) atoms. The number of nitrogens with zero attached hydrogens (tertiary/aromatic N) is 3. The van der Waals surface area contributed by atoms with Crippen molar-refractivity contribution in [2.24, 2.45) is 0 Å². The highest BCUT2D eigenvalue weighted by atomic mass is 16.5.